The van der Waals surface area contributed by atoms with E-state index in [4.69, 9.17) is 0 Å². The summed E-state index contributed by atoms with van der Waals surface area (Å²) < 4.78 is 13.0. The van der Waals surface area contributed by atoms with Crippen LogP contribution < -0.4 is 5.32 Å². The van der Waals surface area contributed by atoms with Gasteiger partial charge in [-0.3, -0.25) is 0 Å². The lowest BCUT2D eigenvalue weighted by atomic mass is 10.1. The van der Waals surface area contributed by atoms with Crippen LogP contribution in [0.2, 0.25) is 0 Å². The van der Waals surface area contributed by atoms with Crippen molar-refractivity contribution in [2.24, 2.45) is 0 Å². The number of hydrogen-bond acceptors (Lipinski definition) is 4. The standard InChI is InChI=1S/C14H12FN3S/c1-2-16-13-12-11(7-19-14(12)18-8-17-13)9-3-5-10(15)6-4-9/h3-8H,2H2,1H3,(H,16,17,18). The Morgan fingerprint density at radius 3 is 2.74 bits per heavy atom. The van der Waals surface area contributed by atoms with Gasteiger partial charge in [0.1, 0.15) is 22.8 Å². The molecule has 0 aliphatic rings. The molecule has 0 unspecified atom stereocenters. The van der Waals surface area contributed by atoms with Crippen molar-refractivity contribution in [3.63, 3.8) is 0 Å². The molecule has 0 atom stereocenters. The minimum Gasteiger partial charge on any atom is -0.370 e. The average Bonchev–Trinajstić information content (AvgIpc) is 2.85. The molecule has 0 bridgehead atoms. The van der Waals surface area contributed by atoms with Gasteiger partial charge < -0.3 is 5.32 Å². The molecule has 1 N–H and O–H groups in total. The third-order valence-corrected chi connectivity index (χ3v) is 3.76. The summed E-state index contributed by atoms with van der Waals surface area (Å²) >= 11 is 1.57. The van der Waals surface area contributed by atoms with Gasteiger partial charge in [0.2, 0.25) is 0 Å². The van der Waals surface area contributed by atoms with E-state index in [0.29, 0.717) is 0 Å². The minimum absolute atomic E-state index is 0.230. The van der Waals surface area contributed by atoms with E-state index in [1.165, 1.54) is 12.1 Å². The Balaban J connectivity index is 2.21. The number of halogens is 1. The summed E-state index contributed by atoms with van der Waals surface area (Å²) in [4.78, 5) is 9.50. The molecule has 0 aliphatic heterocycles. The van der Waals surface area contributed by atoms with Crippen molar-refractivity contribution < 1.29 is 4.39 Å². The van der Waals surface area contributed by atoms with Crippen LogP contribution in [-0.2, 0) is 0 Å². The van der Waals surface area contributed by atoms with Gasteiger partial charge in [-0.15, -0.1) is 11.3 Å². The molecule has 3 aromatic rings. The van der Waals surface area contributed by atoms with Gasteiger partial charge in [-0.05, 0) is 24.6 Å². The zero-order valence-electron chi connectivity index (χ0n) is 10.4. The van der Waals surface area contributed by atoms with Crippen LogP contribution in [0.25, 0.3) is 21.3 Å². The van der Waals surface area contributed by atoms with Crippen LogP contribution in [0, 0.1) is 5.82 Å². The van der Waals surface area contributed by atoms with E-state index in [9.17, 15) is 4.39 Å². The largest absolute Gasteiger partial charge is 0.370 e. The second-order valence-corrected chi connectivity index (χ2v) is 4.95. The summed E-state index contributed by atoms with van der Waals surface area (Å²) in [5.74, 6) is 0.597. The molecule has 0 aliphatic carbocycles. The maximum absolute atomic E-state index is 13.0. The maximum atomic E-state index is 13.0. The van der Waals surface area contributed by atoms with E-state index >= 15 is 0 Å². The normalized spacial score (nSPS) is 10.8. The predicted octanol–water partition coefficient (Wildman–Crippen LogP) is 3.93. The van der Waals surface area contributed by atoms with Gasteiger partial charge in [0.25, 0.3) is 0 Å². The SMILES string of the molecule is CCNc1ncnc2scc(-c3ccc(F)cc3)c12. The number of hydrogen-bond donors (Lipinski definition) is 1. The van der Waals surface area contributed by atoms with Crippen molar-refractivity contribution in [2.75, 3.05) is 11.9 Å². The Bertz CT molecular complexity index is 706. The van der Waals surface area contributed by atoms with Crippen molar-refractivity contribution in [3.05, 3.63) is 41.8 Å². The summed E-state index contributed by atoms with van der Waals surface area (Å²) in [6, 6.07) is 6.49. The molecule has 19 heavy (non-hydrogen) atoms. The van der Waals surface area contributed by atoms with Gasteiger partial charge in [-0.2, -0.15) is 0 Å². The van der Waals surface area contributed by atoms with Gasteiger partial charge in [-0.1, -0.05) is 12.1 Å². The molecule has 2 aromatic heterocycles. The quantitative estimate of drug-likeness (QED) is 0.785. The Kier molecular flexibility index (Phi) is 3.13. The van der Waals surface area contributed by atoms with Crippen LogP contribution >= 0.6 is 11.3 Å². The fourth-order valence-corrected chi connectivity index (χ4v) is 2.93. The first-order chi connectivity index (χ1) is 9.29. The number of fused-ring (bicyclic) bond motifs is 1. The zero-order valence-corrected chi connectivity index (χ0v) is 11.2. The van der Waals surface area contributed by atoms with Crippen LogP contribution in [0.1, 0.15) is 6.92 Å². The van der Waals surface area contributed by atoms with E-state index in [1.807, 2.05) is 12.3 Å². The highest BCUT2D eigenvalue weighted by molar-refractivity contribution is 7.17. The van der Waals surface area contributed by atoms with E-state index in [-0.39, 0.29) is 5.82 Å². The molecule has 5 heteroatoms. The topological polar surface area (TPSA) is 37.8 Å². The first kappa shape index (κ1) is 12.0. The Morgan fingerprint density at radius 1 is 1.21 bits per heavy atom. The fourth-order valence-electron chi connectivity index (χ4n) is 2.02. The molecule has 0 amide bonds. The molecule has 2 heterocycles. The lowest BCUT2D eigenvalue weighted by molar-refractivity contribution is 0.628. The van der Waals surface area contributed by atoms with Crippen LogP contribution in [-0.4, -0.2) is 16.5 Å². The molecular formula is C14H12FN3S. The minimum atomic E-state index is -0.230. The number of anilines is 1. The zero-order chi connectivity index (χ0) is 13.2. The van der Waals surface area contributed by atoms with E-state index in [2.05, 4.69) is 15.3 Å². The lowest BCUT2D eigenvalue weighted by Crippen LogP contribution is -2.00. The molecule has 0 spiro atoms. The Hall–Kier alpha value is -2.01. The molecule has 0 saturated heterocycles. The van der Waals surface area contributed by atoms with Crippen LogP contribution in [0.3, 0.4) is 0 Å². The summed E-state index contributed by atoms with van der Waals surface area (Å²) in [5.41, 5.74) is 2.01. The second-order valence-electron chi connectivity index (χ2n) is 4.09. The third-order valence-electron chi connectivity index (χ3n) is 2.87. The van der Waals surface area contributed by atoms with Gasteiger partial charge in [-0.25, -0.2) is 14.4 Å². The molecule has 0 saturated carbocycles. The van der Waals surface area contributed by atoms with Gasteiger partial charge >= 0.3 is 0 Å². The molecule has 0 radical (unpaired) electrons. The van der Waals surface area contributed by atoms with Crippen molar-refractivity contribution in [1.29, 1.82) is 0 Å². The van der Waals surface area contributed by atoms with Crippen molar-refractivity contribution in [3.8, 4) is 11.1 Å². The second kappa shape index (κ2) is 4.93. The Morgan fingerprint density at radius 2 is 2.00 bits per heavy atom. The van der Waals surface area contributed by atoms with Crippen molar-refractivity contribution in [2.45, 2.75) is 6.92 Å². The van der Waals surface area contributed by atoms with Gasteiger partial charge in [0.15, 0.2) is 0 Å². The highest BCUT2D eigenvalue weighted by Gasteiger charge is 2.12. The van der Waals surface area contributed by atoms with Crippen LogP contribution in [0.5, 0.6) is 0 Å². The number of nitrogens with one attached hydrogen (secondary N) is 1. The molecular weight excluding hydrogens is 261 g/mol. The van der Waals surface area contributed by atoms with E-state index in [0.717, 1.165) is 33.7 Å². The smallest absolute Gasteiger partial charge is 0.138 e. The number of aromatic nitrogens is 2. The molecule has 96 valence electrons. The summed E-state index contributed by atoms with van der Waals surface area (Å²) in [5, 5.41) is 6.28. The number of nitrogens with zero attached hydrogens (tertiary/aromatic N) is 2. The van der Waals surface area contributed by atoms with Crippen LogP contribution in [0.4, 0.5) is 10.2 Å². The molecule has 1 aromatic carbocycles. The first-order valence-corrected chi connectivity index (χ1v) is 6.89. The maximum Gasteiger partial charge on any atom is 0.138 e. The van der Waals surface area contributed by atoms with Gasteiger partial charge in [0.05, 0.1) is 5.39 Å². The third kappa shape index (κ3) is 2.17. The monoisotopic (exact) mass is 273 g/mol. The van der Waals surface area contributed by atoms with Crippen molar-refractivity contribution in [1.82, 2.24) is 9.97 Å². The van der Waals surface area contributed by atoms with Crippen LogP contribution in [0.15, 0.2) is 36.0 Å². The molecule has 0 fully saturated rings. The molecule has 3 rings (SSSR count). The summed E-state index contributed by atoms with van der Waals surface area (Å²) in [6.45, 7) is 2.82. The van der Waals surface area contributed by atoms with Gasteiger partial charge in [0, 0.05) is 17.5 Å². The highest BCUT2D eigenvalue weighted by Crippen LogP contribution is 2.36. The van der Waals surface area contributed by atoms with E-state index < -0.39 is 0 Å². The molecule has 3 nitrogen and oxygen atoms in total. The number of rotatable bonds is 3. The van der Waals surface area contributed by atoms with Crippen molar-refractivity contribution >= 4 is 27.4 Å². The highest BCUT2D eigenvalue weighted by atomic mass is 32.1. The number of benzene rings is 1. The predicted molar refractivity (Wildman–Crippen MR) is 77.0 cm³/mol. The lowest BCUT2D eigenvalue weighted by Gasteiger charge is -2.06. The fraction of sp³-hybridized carbons (Fsp3) is 0.143. The average molecular weight is 273 g/mol. The number of thiophene rings is 1. The summed E-state index contributed by atoms with van der Waals surface area (Å²) in [7, 11) is 0. The summed E-state index contributed by atoms with van der Waals surface area (Å²) in [6.07, 6.45) is 1.56. The Labute approximate surface area is 114 Å². The first-order valence-electron chi connectivity index (χ1n) is 6.01. The van der Waals surface area contributed by atoms with E-state index in [1.54, 1.807) is 29.8 Å².